The Hall–Kier alpha value is -1.45. The molecular formula is C32H50F2O2. The minimum absolute atomic E-state index is 0.203. The third kappa shape index (κ3) is 9.14. The lowest BCUT2D eigenvalue weighted by Crippen LogP contribution is -2.26. The minimum atomic E-state index is -1.01. The number of hydrogen-bond donors (Lipinski definition) is 0. The van der Waals surface area contributed by atoms with Gasteiger partial charge < -0.3 is 4.74 Å². The van der Waals surface area contributed by atoms with E-state index in [1.54, 1.807) is 6.07 Å². The molecule has 0 atom stereocenters. The first-order valence-corrected chi connectivity index (χ1v) is 15.1. The standard InChI is InChI=1S/C32H50F2O2/c1-4-5-6-9-24-11-13-26(14-12-24)15-18-27-21-22-29(31(34)30(27)33)36-32(35)28-19-16-25(17-20-28)10-7-8-23(2)3/h21-26,28H,4-20H2,1-3H3. The lowest BCUT2D eigenvalue weighted by molar-refractivity contribution is -0.140. The molecule has 0 spiro atoms. The van der Waals surface area contributed by atoms with Crippen LogP contribution in [0.2, 0.25) is 0 Å². The predicted octanol–water partition coefficient (Wildman–Crippen LogP) is 9.82. The molecule has 0 saturated heterocycles. The van der Waals surface area contributed by atoms with Gasteiger partial charge >= 0.3 is 5.97 Å². The van der Waals surface area contributed by atoms with E-state index in [4.69, 9.17) is 4.74 Å². The van der Waals surface area contributed by atoms with E-state index in [0.29, 0.717) is 23.8 Å². The molecule has 204 valence electrons. The van der Waals surface area contributed by atoms with Crippen LogP contribution in [0.15, 0.2) is 12.1 Å². The van der Waals surface area contributed by atoms with Crippen molar-refractivity contribution in [1.82, 2.24) is 0 Å². The van der Waals surface area contributed by atoms with Crippen molar-refractivity contribution in [1.29, 1.82) is 0 Å². The monoisotopic (exact) mass is 504 g/mol. The van der Waals surface area contributed by atoms with Gasteiger partial charge in [0.25, 0.3) is 0 Å². The third-order valence-electron chi connectivity index (χ3n) is 8.92. The van der Waals surface area contributed by atoms with Crippen molar-refractivity contribution >= 4 is 5.97 Å². The first-order chi connectivity index (χ1) is 17.4. The molecule has 36 heavy (non-hydrogen) atoms. The first-order valence-electron chi connectivity index (χ1n) is 15.1. The number of hydrogen-bond acceptors (Lipinski definition) is 2. The van der Waals surface area contributed by atoms with Crippen molar-refractivity contribution < 1.29 is 18.3 Å². The van der Waals surface area contributed by atoms with Gasteiger partial charge in [-0.2, -0.15) is 4.39 Å². The second-order valence-electron chi connectivity index (χ2n) is 12.2. The van der Waals surface area contributed by atoms with Crippen molar-refractivity contribution in [3.8, 4) is 5.75 Å². The number of benzene rings is 1. The summed E-state index contributed by atoms with van der Waals surface area (Å²) in [5.74, 6) is 0.153. The SMILES string of the molecule is CCCCCC1CCC(CCc2ccc(OC(=O)C3CCC(CCCC(C)C)CC3)c(F)c2F)CC1. The van der Waals surface area contributed by atoms with E-state index in [9.17, 15) is 13.6 Å². The van der Waals surface area contributed by atoms with Crippen LogP contribution in [0.25, 0.3) is 0 Å². The topological polar surface area (TPSA) is 26.3 Å². The molecule has 2 nitrogen and oxygen atoms in total. The number of carbonyl (C=O) groups is 1. The molecule has 0 bridgehead atoms. The summed E-state index contributed by atoms with van der Waals surface area (Å²) in [5, 5.41) is 0. The van der Waals surface area contributed by atoms with E-state index in [0.717, 1.165) is 43.9 Å². The molecule has 3 rings (SSSR count). The highest BCUT2D eigenvalue weighted by molar-refractivity contribution is 5.75. The number of rotatable bonds is 13. The van der Waals surface area contributed by atoms with Crippen molar-refractivity contribution in [2.24, 2.45) is 29.6 Å². The summed E-state index contributed by atoms with van der Waals surface area (Å²) in [7, 11) is 0. The number of halogens is 2. The molecule has 2 saturated carbocycles. The lowest BCUT2D eigenvalue weighted by atomic mass is 9.78. The number of unbranched alkanes of at least 4 members (excludes halogenated alkanes) is 2. The largest absolute Gasteiger partial charge is 0.423 e. The maximum Gasteiger partial charge on any atom is 0.314 e. The van der Waals surface area contributed by atoms with Crippen molar-refractivity contribution in [3.63, 3.8) is 0 Å². The minimum Gasteiger partial charge on any atom is -0.423 e. The molecule has 4 heteroatoms. The van der Waals surface area contributed by atoms with Crippen molar-refractivity contribution in [3.05, 3.63) is 29.3 Å². The van der Waals surface area contributed by atoms with E-state index in [-0.39, 0.29) is 11.7 Å². The quantitative estimate of drug-likeness (QED) is 0.152. The molecule has 1 aromatic rings. The smallest absolute Gasteiger partial charge is 0.314 e. The highest BCUT2D eigenvalue weighted by atomic mass is 19.2. The van der Waals surface area contributed by atoms with Crippen LogP contribution < -0.4 is 4.74 Å². The summed E-state index contributed by atoms with van der Waals surface area (Å²) in [5.41, 5.74) is 0.402. The van der Waals surface area contributed by atoms with Crippen LogP contribution in [-0.2, 0) is 11.2 Å². The summed E-state index contributed by atoms with van der Waals surface area (Å²) >= 11 is 0. The van der Waals surface area contributed by atoms with Crippen LogP contribution in [0.3, 0.4) is 0 Å². The van der Waals surface area contributed by atoms with Gasteiger partial charge in [-0.1, -0.05) is 97.5 Å². The maximum atomic E-state index is 14.8. The Morgan fingerprint density at radius 1 is 0.833 bits per heavy atom. The summed E-state index contributed by atoms with van der Waals surface area (Å²) in [4.78, 5) is 12.7. The Morgan fingerprint density at radius 2 is 1.42 bits per heavy atom. The van der Waals surface area contributed by atoms with Crippen LogP contribution in [-0.4, -0.2) is 5.97 Å². The Labute approximate surface area is 219 Å². The van der Waals surface area contributed by atoms with Crippen LogP contribution >= 0.6 is 0 Å². The number of ether oxygens (including phenoxy) is 1. The van der Waals surface area contributed by atoms with Crippen LogP contribution in [0, 0.1) is 41.2 Å². The van der Waals surface area contributed by atoms with Gasteiger partial charge in [-0.05, 0) is 73.8 Å². The highest BCUT2D eigenvalue weighted by Gasteiger charge is 2.29. The predicted molar refractivity (Wildman–Crippen MR) is 144 cm³/mol. The molecule has 0 aliphatic heterocycles. The van der Waals surface area contributed by atoms with E-state index in [1.165, 1.54) is 76.7 Å². The van der Waals surface area contributed by atoms with Crippen molar-refractivity contribution in [2.45, 2.75) is 130 Å². The van der Waals surface area contributed by atoms with E-state index < -0.39 is 17.6 Å². The molecule has 2 aliphatic carbocycles. The molecular weight excluding hydrogens is 454 g/mol. The summed E-state index contributed by atoms with van der Waals surface area (Å²) in [6.45, 7) is 6.75. The fraction of sp³-hybridized carbons (Fsp3) is 0.781. The fourth-order valence-electron chi connectivity index (χ4n) is 6.39. The van der Waals surface area contributed by atoms with E-state index in [1.807, 2.05) is 0 Å². The Balaban J connectivity index is 1.41. The molecule has 0 N–H and O–H groups in total. The molecule has 2 aliphatic rings. The van der Waals surface area contributed by atoms with Gasteiger partial charge in [0, 0.05) is 0 Å². The van der Waals surface area contributed by atoms with Gasteiger partial charge in [-0.15, -0.1) is 0 Å². The Bertz CT molecular complexity index is 790. The van der Waals surface area contributed by atoms with Crippen LogP contribution in [0.1, 0.15) is 129 Å². The second-order valence-corrected chi connectivity index (χ2v) is 12.2. The molecule has 2 fully saturated rings. The second kappa shape index (κ2) is 15.1. The number of aryl methyl sites for hydroxylation is 1. The van der Waals surface area contributed by atoms with E-state index >= 15 is 0 Å². The van der Waals surface area contributed by atoms with Crippen LogP contribution in [0.4, 0.5) is 8.78 Å². The zero-order valence-corrected chi connectivity index (χ0v) is 23.1. The number of carbonyl (C=O) groups excluding carboxylic acids is 1. The van der Waals surface area contributed by atoms with Gasteiger partial charge in [-0.3, -0.25) is 4.79 Å². The van der Waals surface area contributed by atoms with Crippen LogP contribution in [0.5, 0.6) is 5.75 Å². The molecule has 1 aromatic carbocycles. The normalized spacial score (nSPS) is 24.7. The summed E-state index contributed by atoms with van der Waals surface area (Å²) in [6.07, 6.45) is 19.0. The third-order valence-corrected chi connectivity index (χ3v) is 8.92. The molecule has 0 aromatic heterocycles. The average molecular weight is 505 g/mol. The van der Waals surface area contributed by atoms with E-state index in [2.05, 4.69) is 20.8 Å². The van der Waals surface area contributed by atoms with Gasteiger partial charge in [0.1, 0.15) is 0 Å². The zero-order chi connectivity index (χ0) is 25.9. The van der Waals surface area contributed by atoms with Gasteiger partial charge in [0.2, 0.25) is 5.82 Å². The molecule has 0 radical (unpaired) electrons. The lowest BCUT2D eigenvalue weighted by Gasteiger charge is -2.28. The molecule has 0 heterocycles. The van der Waals surface area contributed by atoms with Gasteiger partial charge in [0.15, 0.2) is 11.6 Å². The number of esters is 1. The maximum absolute atomic E-state index is 14.8. The molecule has 0 amide bonds. The fourth-order valence-corrected chi connectivity index (χ4v) is 6.39. The summed E-state index contributed by atoms with van der Waals surface area (Å²) in [6, 6.07) is 3.07. The first kappa shape index (κ1) is 29.1. The Morgan fingerprint density at radius 3 is 2.03 bits per heavy atom. The highest BCUT2D eigenvalue weighted by Crippen LogP contribution is 2.36. The van der Waals surface area contributed by atoms with Gasteiger partial charge in [0.05, 0.1) is 5.92 Å². The average Bonchev–Trinajstić information content (AvgIpc) is 2.87. The van der Waals surface area contributed by atoms with Gasteiger partial charge in [-0.25, -0.2) is 4.39 Å². The van der Waals surface area contributed by atoms with Crippen molar-refractivity contribution in [2.75, 3.05) is 0 Å². The Kier molecular flexibility index (Phi) is 12.2. The zero-order valence-electron chi connectivity index (χ0n) is 23.1. The summed E-state index contributed by atoms with van der Waals surface area (Å²) < 4.78 is 34.9. The molecule has 0 unspecified atom stereocenters.